The van der Waals surface area contributed by atoms with E-state index in [1.165, 1.54) is 11.8 Å². The van der Waals surface area contributed by atoms with Crippen LogP contribution < -0.4 is 11.0 Å². The second kappa shape index (κ2) is 8.36. The number of nitrogens with one attached hydrogen (secondary N) is 1. The molecular formula is C18H27N3O3S. The average Bonchev–Trinajstić information content (AvgIpc) is 3.08. The van der Waals surface area contributed by atoms with Gasteiger partial charge in [0.1, 0.15) is 5.03 Å². The van der Waals surface area contributed by atoms with Crippen LogP contribution >= 0.6 is 11.8 Å². The Bertz CT molecular complexity index is 681. The van der Waals surface area contributed by atoms with Gasteiger partial charge in [-0.2, -0.15) is 4.98 Å². The van der Waals surface area contributed by atoms with Gasteiger partial charge in [0, 0.05) is 23.9 Å². The van der Waals surface area contributed by atoms with Crippen LogP contribution in [0.2, 0.25) is 0 Å². The summed E-state index contributed by atoms with van der Waals surface area (Å²) in [5, 5.41) is 3.62. The van der Waals surface area contributed by atoms with Crippen molar-refractivity contribution < 1.29 is 9.53 Å². The van der Waals surface area contributed by atoms with Gasteiger partial charge in [0.2, 0.25) is 5.91 Å². The number of hydrogen-bond donors (Lipinski definition) is 1. The van der Waals surface area contributed by atoms with E-state index in [1.54, 1.807) is 0 Å². The third kappa shape index (κ3) is 4.64. The van der Waals surface area contributed by atoms with Crippen LogP contribution in [0.1, 0.15) is 50.8 Å². The summed E-state index contributed by atoms with van der Waals surface area (Å²) < 4.78 is 7.53. The van der Waals surface area contributed by atoms with E-state index in [2.05, 4.69) is 10.3 Å². The van der Waals surface area contributed by atoms with Crippen LogP contribution in [0.4, 0.5) is 0 Å². The maximum atomic E-state index is 12.6. The van der Waals surface area contributed by atoms with E-state index in [1.807, 2.05) is 18.4 Å². The predicted molar refractivity (Wildman–Crippen MR) is 98.1 cm³/mol. The Balaban J connectivity index is 1.81. The Morgan fingerprint density at radius 2 is 2.16 bits per heavy atom. The first-order chi connectivity index (χ1) is 12.0. The van der Waals surface area contributed by atoms with Crippen LogP contribution in [-0.2, 0) is 28.9 Å². The lowest BCUT2D eigenvalue weighted by Gasteiger charge is -2.24. The Hall–Kier alpha value is -1.34. The van der Waals surface area contributed by atoms with Crippen molar-refractivity contribution in [3.05, 3.63) is 21.7 Å². The third-order valence-corrected chi connectivity index (χ3v) is 5.67. The summed E-state index contributed by atoms with van der Waals surface area (Å²) in [6.45, 7) is 5.27. The molecule has 25 heavy (non-hydrogen) atoms. The van der Waals surface area contributed by atoms with Crippen molar-refractivity contribution in [2.45, 2.75) is 76.1 Å². The summed E-state index contributed by atoms with van der Waals surface area (Å²) in [7, 11) is 0. The Morgan fingerprint density at radius 3 is 2.88 bits per heavy atom. The van der Waals surface area contributed by atoms with E-state index in [9.17, 15) is 9.59 Å². The van der Waals surface area contributed by atoms with Crippen LogP contribution in [0.25, 0.3) is 0 Å². The molecule has 1 atom stereocenters. The fourth-order valence-electron chi connectivity index (χ4n) is 3.54. The van der Waals surface area contributed by atoms with Gasteiger partial charge in [-0.15, -0.1) is 0 Å². The topological polar surface area (TPSA) is 73.2 Å². The smallest absolute Gasteiger partial charge is 0.348 e. The molecule has 0 aromatic carbocycles. The molecule has 2 aliphatic rings. The normalized spacial score (nSPS) is 19.9. The third-order valence-electron chi connectivity index (χ3n) is 4.65. The zero-order chi connectivity index (χ0) is 17.8. The van der Waals surface area contributed by atoms with Gasteiger partial charge in [-0.25, -0.2) is 4.79 Å². The van der Waals surface area contributed by atoms with Crippen molar-refractivity contribution >= 4 is 17.7 Å². The molecule has 0 radical (unpaired) electrons. The summed E-state index contributed by atoms with van der Waals surface area (Å²) in [5.74, 6) is 0.280. The highest BCUT2D eigenvalue weighted by Crippen LogP contribution is 2.29. The first kappa shape index (κ1) is 18.5. The number of nitrogens with zero attached hydrogens (tertiary/aromatic N) is 2. The molecular weight excluding hydrogens is 338 g/mol. The highest BCUT2D eigenvalue weighted by atomic mass is 32.2. The number of carbonyl (C=O) groups excluding carboxylic acids is 1. The summed E-state index contributed by atoms with van der Waals surface area (Å²) in [6, 6.07) is 0.120. The summed E-state index contributed by atoms with van der Waals surface area (Å²) in [5.41, 5.74) is 2.06. The number of ether oxygens (including phenoxy) is 1. The first-order valence-corrected chi connectivity index (χ1v) is 10.2. The molecule has 0 saturated carbocycles. The van der Waals surface area contributed by atoms with E-state index in [0.717, 1.165) is 61.4 Å². The zero-order valence-corrected chi connectivity index (χ0v) is 15.9. The van der Waals surface area contributed by atoms with Crippen molar-refractivity contribution in [1.82, 2.24) is 14.9 Å². The molecule has 1 amide bonds. The number of aromatic nitrogens is 2. The second-order valence-electron chi connectivity index (χ2n) is 7.09. The number of thioether (sulfide) groups is 1. The molecule has 1 saturated heterocycles. The van der Waals surface area contributed by atoms with Gasteiger partial charge in [-0.3, -0.25) is 9.36 Å². The van der Waals surface area contributed by atoms with Crippen LogP contribution in [0, 0.1) is 0 Å². The Labute approximate surface area is 152 Å². The van der Waals surface area contributed by atoms with E-state index in [-0.39, 0.29) is 23.7 Å². The number of amides is 1. The molecule has 1 aliphatic heterocycles. The van der Waals surface area contributed by atoms with E-state index < -0.39 is 0 Å². The van der Waals surface area contributed by atoms with E-state index in [4.69, 9.17) is 4.74 Å². The summed E-state index contributed by atoms with van der Waals surface area (Å²) >= 11 is 1.38. The summed E-state index contributed by atoms with van der Waals surface area (Å²) in [4.78, 5) is 28.8. The molecule has 0 spiro atoms. The molecule has 1 aromatic rings. The predicted octanol–water partition coefficient (Wildman–Crippen LogP) is 1.92. The molecule has 1 aromatic heterocycles. The molecule has 1 N–H and O–H groups in total. The van der Waals surface area contributed by atoms with E-state index >= 15 is 0 Å². The van der Waals surface area contributed by atoms with Crippen molar-refractivity contribution in [2.75, 3.05) is 12.4 Å². The van der Waals surface area contributed by atoms with E-state index in [0.29, 0.717) is 12.3 Å². The van der Waals surface area contributed by atoms with Gasteiger partial charge in [-0.1, -0.05) is 11.8 Å². The van der Waals surface area contributed by atoms with Gasteiger partial charge < -0.3 is 10.1 Å². The standard InChI is InChI=1S/C18H27N3O3S/c1-12(2)19-16(22)11-25-17-14-7-3-4-8-15(14)21(18(23)20-17)10-13-6-5-9-24-13/h12-13H,3-11H2,1-2H3,(H,19,22). The lowest BCUT2D eigenvalue weighted by Crippen LogP contribution is -2.34. The van der Waals surface area contributed by atoms with Gasteiger partial charge in [-0.05, 0) is 52.4 Å². The number of carbonyl (C=O) groups is 1. The van der Waals surface area contributed by atoms with Crippen LogP contribution in [0.3, 0.4) is 0 Å². The Morgan fingerprint density at radius 1 is 1.36 bits per heavy atom. The molecule has 7 heteroatoms. The van der Waals surface area contributed by atoms with Crippen LogP contribution in [-0.4, -0.2) is 40.0 Å². The van der Waals surface area contributed by atoms with Crippen molar-refractivity contribution in [2.24, 2.45) is 0 Å². The van der Waals surface area contributed by atoms with Crippen molar-refractivity contribution in [1.29, 1.82) is 0 Å². The first-order valence-electron chi connectivity index (χ1n) is 9.21. The number of fused-ring (bicyclic) bond motifs is 1. The number of rotatable bonds is 6. The quantitative estimate of drug-likeness (QED) is 0.616. The maximum absolute atomic E-state index is 12.6. The van der Waals surface area contributed by atoms with Gasteiger partial charge in [0.25, 0.3) is 0 Å². The zero-order valence-electron chi connectivity index (χ0n) is 15.0. The Kier molecular flexibility index (Phi) is 6.17. The average molecular weight is 365 g/mol. The fourth-order valence-corrected chi connectivity index (χ4v) is 4.43. The lowest BCUT2D eigenvalue weighted by molar-refractivity contribution is -0.119. The van der Waals surface area contributed by atoms with Gasteiger partial charge >= 0.3 is 5.69 Å². The largest absolute Gasteiger partial charge is 0.376 e. The minimum Gasteiger partial charge on any atom is -0.376 e. The highest BCUT2D eigenvalue weighted by Gasteiger charge is 2.24. The molecule has 0 bridgehead atoms. The SMILES string of the molecule is CC(C)NC(=O)CSc1nc(=O)n(CC2CCCO2)c2c1CCCC2. The fraction of sp³-hybridized carbons (Fsp3) is 0.722. The maximum Gasteiger partial charge on any atom is 0.348 e. The summed E-state index contributed by atoms with van der Waals surface area (Å²) in [6.07, 6.45) is 6.24. The highest BCUT2D eigenvalue weighted by molar-refractivity contribution is 7.99. The molecule has 6 nitrogen and oxygen atoms in total. The molecule has 2 heterocycles. The molecule has 1 unspecified atom stereocenters. The van der Waals surface area contributed by atoms with Gasteiger partial charge in [0.15, 0.2) is 0 Å². The number of hydrogen-bond acceptors (Lipinski definition) is 5. The lowest BCUT2D eigenvalue weighted by atomic mass is 9.97. The molecule has 3 rings (SSSR count). The minimum absolute atomic E-state index is 0.0186. The minimum atomic E-state index is -0.206. The van der Waals surface area contributed by atoms with Gasteiger partial charge in [0.05, 0.1) is 18.4 Å². The molecule has 1 aliphatic carbocycles. The molecule has 138 valence electrons. The second-order valence-corrected chi connectivity index (χ2v) is 8.05. The van der Waals surface area contributed by atoms with Crippen LogP contribution in [0.5, 0.6) is 0 Å². The monoisotopic (exact) mass is 365 g/mol. The molecule has 1 fully saturated rings. The van der Waals surface area contributed by atoms with Crippen molar-refractivity contribution in [3.8, 4) is 0 Å². The van der Waals surface area contributed by atoms with Crippen LogP contribution in [0.15, 0.2) is 9.82 Å². The van der Waals surface area contributed by atoms with Crippen molar-refractivity contribution in [3.63, 3.8) is 0 Å².